The van der Waals surface area contributed by atoms with Crippen molar-refractivity contribution in [2.75, 3.05) is 0 Å². The van der Waals surface area contributed by atoms with Crippen molar-refractivity contribution in [3.05, 3.63) is 24.8 Å². The summed E-state index contributed by atoms with van der Waals surface area (Å²) < 4.78 is 0. The van der Waals surface area contributed by atoms with Gasteiger partial charge in [0.05, 0.1) is 5.60 Å². The zero-order valence-electron chi connectivity index (χ0n) is 14.8. The third kappa shape index (κ3) is 3.11. The monoisotopic (exact) mass is 368 g/mol. The fourth-order valence-corrected chi connectivity index (χ4v) is 5.76. The lowest BCUT2D eigenvalue weighted by Crippen LogP contribution is -2.53. The molecular weight excluding hydrogens is 336 g/mol. The molecule has 0 bridgehead atoms. The Balaban J connectivity index is 2.25. The molecule has 0 amide bonds. The topological polar surface area (TPSA) is 20.2 Å². The number of hydrogen-bond acceptors (Lipinski definition) is 1. The van der Waals surface area contributed by atoms with Crippen LogP contribution >= 0.6 is 15.9 Å². The van der Waals surface area contributed by atoms with E-state index in [1.165, 1.54) is 24.8 Å². The molecule has 22 heavy (non-hydrogen) atoms. The Morgan fingerprint density at radius 1 is 1.36 bits per heavy atom. The summed E-state index contributed by atoms with van der Waals surface area (Å²) in [5.74, 6) is 1.25. The van der Waals surface area contributed by atoms with E-state index in [1.807, 2.05) is 6.92 Å². The summed E-state index contributed by atoms with van der Waals surface area (Å²) in [6.45, 7) is 17.4. The molecule has 2 aliphatic rings. The van der Waals surface area contributed by atoms with Crippen molar-refractivity contribution in [3.8, 4) is 0 Å². The van der Waals surface area contributed by atoms with E-state index in [2.05, 4.69) is 49.9 Å². The Morgan fingerprint density at radius 2 is 2.00 bits per heavy atom. The van der Waals surface area contributed by atoms with Crippen LogP contribution in [0.1, 0.15) is 66.2 Å². The van der Waals surface area contributed by atoms with Crippen molar-refractivity contribution in [1.29, 1.82) is 0 Å². The molecule has 1 N–H and O–H groups in total. The summed E-state index contributed by atoms with van der Waals surface area (Å²) in [7, 11) is 0. The van der Waals surface area contributed by atoms with Crippen LogP contribution in [-0.4, -0.2) is 15.5 Å². The molecule has 2 heteroatoms. The van der Waals surface area contributed by atoms with Crippen LogP contribution < -0.4 is 0 Å². The lowest BCUT2D eigenvalue weighted by atomic mass is 9.47. The zero-order valence-corrected chi connectivity index (χ0v) is 16.4. The molecule has 2 fully saturated rings. The Morgan fingerprint density at radius 3 is 2.59 bits per heavy atom. The van der Waals surface area contributed by atoms with Gasteiger partial charge in [-0.15, -0.1) is 6.58 Å². The first kappa shape index (κ1) is 18.3. The highest BCUT2D eigenvalue weighted by Gasteiger charge is 2.55. The average molecular weight is 369 g/mol. The number of hydrogen-bond donors (Lipinski definition) is 1. The van der Waals surface area contributed by atoms with Gasteiger partial charge in [-0.1, -0.05) is 54.9 Å². The maximum Gasteiger partial charge on any atom is 0.0797 e. The van der Waals surface area contributed by atoms with Gasteiger partial charge in [-0.25, -0.2) is 0 Å². The van der Waals surface area contributed by atoms with Gasteiger partial charge >= 0.3 is 0 Å². The van der Waals surface area contributed by atoms with Gasteiger partial charge in [0.2, 0.25) is 0 Å². The minimum Gasteiger partial charge on any atom is -0.386 e. The molecule has 5 unspecified atom stereocenters. The van der Waals surface area contributed by atoms with Crippen molar-refractivity contribution in [2.24, 2.45) is 22.7 Å². The van der Waals surface area contributed by atoms with Crippen molar-refractivity contribution in [2.45, 2.75) is 76.6 Å². The van der Waals surface area contributed by atoms with E-state index in [4.69, 9.17) is 0 Å². The lowest BCUT2D eigenvalue weighted by molar-refractivity contribution is -0.0531. The number of fused-ring (bicyclic) bond motifs is 1. The highest BCUT2D eigenvalue weighted by molar-refractivity contribution is 9.09. The smallest absolute Gasteiger partial charge is 0.0797 e. The van der Waals surface area contributed by atoms with E-state index < -0.39 is 5.60 Å². The molecule has 0 aliphatic heterocycles. The first-order valence-electron chi connectivity index (χ1n) is 8.72. The third-order valence-electron chi connectivity index (χ3n) is 6.86. The van der Waals surface area contributed by atoms with Gasteiger partial charge in [0.25, 0.3) is 0 Å². The van der Waals surface area contributed by atoms with E-state index in [1.54, 1.807) is 6.08 Å². The molecular formula is C20H33BrO. The maximum absolute atomic E-state index is 10.3. The molecule has 0 saturated heterocycles. The Labute approximate surface area is 145 Å². The van der Waals surface area contributed by atoms with Crippen LogP contribution in [0.2, 0.25) is 0 Å². The quantitative estimate of drug-likeness (QED) is 0.485. The molecule has 0 heterocycles. The van der Waals surface area contributed by atoms with Crippen LogP contribution in [-0.2, 0) is 0 Å². The number of alkyl halides is 1. The van der Waals surface area contributed by atoms with Gasteiger partial charge in [-0.05, 0) is 68.1 Å². The summed E-state index contributed by atoms with van der Waals surface area (Å²) in [5, 5.41) is 10.3. The molecule has 0 radical (unpaired) electrons. The van der Waals surface area contributed by atoms with Gasteiger partial charge in [-0.3, -0.25) is 0 Å². The highest BCUT2D eigenvalue weighted by Crippen LogP contribution is 2.63. The predicted molar refractivity (Wildman–Crippen MR) is 99.2 cm³/mol. The largest absolute Gasteiger partial charge is 0.386 e. The lowest BCUT2D eigenvalue weighted by Gasteiger charge is -2.59. The van der Waals surface area contributed by atoms with Crippen LogP contribution in [0.3, 0.4) is 0 Å². The van der Waals surface area contributed by atoms with Crippen molar-refractivity contribution in [1.82, 2.24) is 0 Å². The van der Waals surface area contributed by atoms with Crippen LogP contribution in [0.5, 0.6) is 0 Å². The summed E-state index contributed by atoms with van der Waals surface area (Å²) in [5.41, 5.74) is 1.29. The molecule has 2 saturated carbocycles. The maximum atomic E-state index is 10.3. The van der Waals surface area contributed by atoms with Gasteiger partial charge in [0.15, 0.2) is 0 Å². The Hall–Kier alpha value is -0.0800. The van der Waals surface area contributed by atoms with Gasteiger partial charge < -0.3 is 5.11 Å². The number of halogens is 1. The zero-order chi connectivity index (χ0) is 16.8. The first-order chi connectivity index (χ1) is 10.0. The average Bonchev–Trinajstić information content (AvgIpc) is 2.42. The number of allylic oxidation sites excluding steroid dienone is 1. The second-order valence-corrected chi connectivity index (χ2v) is 9.84. The van der Waals surface area contributed by atoms with Crippen LogP contribution in [0.15, 0.2) is 24.8 Å². The van der Waals surface area contributed by atoms with Gasteiger partial charge in [-0.2, -0.15) is 0 Å². The standard InChI is InChI=1S/C20H33BrO/c1-7-19(5,22)12-10-15-14(2)8-9-16-18(3,4)17(21)11-13-20(15,16)6/h7,15-17,22H,1-2,8-13H2,3-6H3. The SMILES string of the molecule is C=CC(C)(O)CCC1C(=C)CCC2C(C)(C)C(Br)CCC12C. The van der Waals surface area contributed by atoms with E-state index >= 15 is 0 Å². The van der Waals surface area contributed by atoms with Gasteiger partial charge in [0.1, 0.15) is 0 Å². The van der Waals surface area contributed by atoms with E-state index in [-0.39, 0.29) is 0 Å². The van der Waals surface area contributed by atoms with Crippen molar-refractivity contribution >= 4 is 15.9 Å². The molecule has 2 rings (SSSR count). The summed E-state index contributed by atoms with van der Waals surface area (Å²) in [6.07, 6.45) is 8.38. The molecule has 0 spiro atoms. The van der Waals surface area contributed by atoms with E-state index in [0.29, 0.717) is 21.6 Å². The normalized spacial score (nSPS) is 40.6. The van der Waals surface area contributed by atoms with Crippen molar-refractivity contribution in [3.63, 3.8) is 0 Å². The van der Waals surface area contributed by atoms with Gasteiger partial charge in [0, 0.05) is 4.83 Å². The van der Waals surface area contributed by atoms with E-state index in [0.717, 1.165) is 25.2 Å². The third-order valence-corrected chi connectivity index (χ3v) is 8.50. The van der Waals surface area contributed by atoms with E-state index in [9.17, 15) is 5.11 Å². The molecule has 0 aromatic heterocycles. The second kappa shape index (κ2) is 6.09. The predicted octanol–water partition coefficient (Wildman–Crippen LogP) is 5.88. The van der Waals surface area contributed by atoms with Crippen molar-refractivity contribution < 1.29 is 5.11 Å². The summed E-state index contributed by atoms with van der Waals surface area (Å²) >= 11 is 3.94. The fraction of sp³-hybridized carbons (Fsp3) is 0.800. The Kier molecular flexibility index (Phi) is 5.06. The molecule has 0 aromatic carbocycles. The first-order valence-corrected chi connectivity index (χ1v) is 9.64. The second-order valence-electron chi connectivity index (χ2n) is 8.74. The van der Waals surface area contributed by atoms with Crippen LogP contribution in [0.25, 0.3) is 0 Å². The Bertz CT molecular complexity index is 451. The highest BCUT2D eigenvalue weighted by atomic mass is 79.9. The fourth-order valence-electron chi connectivity index (χ4n) is 5.21. The minimum atomic E-state index is -0.758. The molecule has 2 aliphatic carbocycles. The molecule has 0 aromatic rings. The molecule has 5 atom stereocenters. The minimum absolute atomic E-state index is 0.320. The van der Waals surface area contributed by atoms with Crippen LogP contribution in [0, 0.1) is 22.7 Å². The number of aliphatic hydroxyl groups is 1. The summed E-state index contributed by atoms with van der Waals surface area (Å²) in [4.78, 5) is 0.612. The van der Waals surface area contributed by atoms with Crippen LogP contribution in [0.4, 0.5) is 0 Å². The molecule has 126 valence electrons. The summed E-state index contributed by atoms with van der Waals surface area (Å²) in [6, 6.07) is 0. The molecule has 1 nitrogen and oxygen atoms in total. The number of rotatable bonds is 4.